The van der Waals surface area contributed by atoms with Gasteiger partial charge in [0.2, 0.25) is 15.9 Å². The second-order valence-electron chi connectivity index (χ2n) is 5.97. The third-order valence-corrected chi connectivity index (χ3v) is 8.04. The molecule has 0 aliphatic carbocycles. The van der Waals surface area contributed by atoms with Crippen LogP contribution in [0.2, 0.25) is 0 Å². The Balaban J connectivity index is 2.45. The Morgan fingerprint density at radius 1 is 1.31 bits per heavy atom. The van der Waals surface area contributed by atoms with Crippen molar-refractivity contribution in [3.8, 4) is 5.75 Å². The molecule has 15 heteroatoms. The van der Waals surface area contributed by atoms with Crippen molar-refractivity contribution in [2.45, 2.75) is 18.5 Å². The third-order valence-electron chi connectivity index (χ3n) is 3.70. The third kappa shape index (κ3) is 5.51. The molecule has 1 heterocycles. The normalized spacial score (nSPS) is 13.0. The Morgan fingerprint density at radius 3 is 2.45 bits per heavy atom. The number of hydrogen-bond donors (Lipinski definition) is 4. The SMILES string of the molecule is NC(=O)c1cc(OCCCCS(N)(=O)=O)c2sc(C(F)(F)P(=O)(O)O)c(Br)c2c1. The Kier molecular flexibility index (Phi) is 7.10. The van der Waals surface area contributed by atoms with Crippen LogP contribution in [0.4, 0.5) is 8.78 Å². The summed E-state index contributed by atoms with van der Waals surface area (Å²) in [5, 5.41) is 4.96. The van der Waals surface area contributed by atoms with E-state index in [1.807, 2.05) is 0 Å². The molecule has 162 valence electrons. The number of ether oxygens (including phenoxy) is 1. The average Bonchev–Trinajstić information content (AvgIpc) is 2.90. The van der Waals surface area contributed by atoms with Gasteiger partial charge in [0.05, 0.1) is 17.1 Å². The van der Waals surface area contributed by atoms with Crippen molar-refractivity contribution in [2.24, 2.45) is 10.9 Å². The summed E-state index contributed by atoms with van der Waals surface area (Å²) in [5.41, 5.74) is 0.719. The smallest absolute Gasteiger partial charge is 0.400 e. The first kappa shape index (κ1) is 24.1. The fraction of sp³-hybridized carbons (Fsp3) is 0.357. The van der Waals surface area contributed by atoms with Gasteiger partial charge in [0, 0.05) is 15.4 Å². The van der Waals surface area contributed by atoms with E-state index in [1.54, 1.807) is 0 Å². The molecule has 0 aliphatic heterocycles. The second kappa shape index (κ2) is 8.53. The summed E-state index contributed by atoms with van der Waals surface area (Å²) in [6, 6.07) is 2.41. The zero-order valence-corrected chi connectivity index (χ0v) is 18.6. The predicted molar refractivity (Wildman–Crippen MR) is 107 cm³/mol. The van der Waals surface area contributed by atoms with Crippen LogP contribution in [0.3, 0.4) is 0 Å². The molecule has 6 N–H and O–H groups in total. The number of alkyl halides is 2. The zero-order chi connectivity index (χ0) is 22.2. The minimum absolute atomic E-state index is 0.00892. The maximum absolute atomic E-state index is 14.2. The van der Waals surface area contributed by atoms with Crippen molar-refractivity contribution < 1.29 is 41.1 Å². The Labute approximate surface area is 176 Å². The van der Waals surface area contributed by atoms with Crippen LogP contribution in [-0.2, 0) is 20.3 Å². The number of primary sulfonamides is 1. The number of unbranched alkanes of at least 4 members (excludes halogenated alkanes) is 1. The molecule has 1 aromatic heterocycles. The molecule has 0 saturated carbocycles. The zero-order valence-electron chi connectivity index (χ0n) is 14.5. The summed E-state index contributed by atoms with van der Waals surface area (Å²) in [6.45, 7) is -0.0213. The number of fused-ring (bicyclic) bond motifs is 1. The molecule has 29 heavy (non-hydrogen) atoms. The summed E-state index contributed by atoms with van der Waals surface area (Å²) >= 11 is 3.30. The number of hydrogen-bond acceptors (Lipinski definition) is 6. The molecule has 0 saturated heterocycles. The molecule has 9 nitrogen and oxygen atoms in total. The van der Waals surface area contributed by atoms with Gasteiger partial charge in [0.15, 0.2) is 0 Å². The quantitative estimate of drug-likeness (QED) is 0.281. The average molecular weight is 537 g/mol. The molecule has 0 aliphatic rings. The summed E-state index contributed by atoms with van der Waals surface area (Å²) in [7, 11) is -9.45. The maximum Gasteiger partial charge on any atom is 0.400 e. The molecule has 1 amide bonds. The number of thiophene rings is 1. The number of sulfonamides is 1. The number of carbonyl (C=O) groups excluding carboxylic acids is 1. The van der Waals surface area contributed by atoms with Crippen LogP contribution in [0, 0.1) is 0 Å². The van der Waals surface area contributed by atoms with Crippen molar-refractivity contribution in [3.63, 3.8) is 0 Å². The number of amides is 1. The van der Waals surface area contributed by atoms with E-state index < -0.39 is 34.1 Å². The van der Waals surface area contributed by atoms with Crippen molar-refractivity contribution >= 4 is 60.9 Å². The summed E-state index contributed by atoms with van der Waals surface area (Å²) in [4.78, 5) is 28.6. The molecule has 0 radical (unpaired) electrons. The van der Waals surface area contributed by atoms with Gasteiger partial charge >= 0.3 is 13.3 Å². The fourth-order valence-electron chi connectivity index (χ4n) is 2.30. The highest BCUT2D eigenvalue weighted by Crippen LogP contribution is 2.63. The van der Waals surface area contributed by atoms with Crippen LogP contribution in [0.1, 0.15) is 28.1 Å². The minimum Gasteiger partial charge on any atom is -0.492 e. The van der Waals surface area contributed by atoms with Crippen molar-refractivity contribution in [1.29, 1.82) is 0 Å². The van der Waals surface area contributed by atoms with Crippen LogP contribution >= 0.6 is 34.9 Å². The van der Waals surface area contributed by atoms with Crippen LogP contribution in [-0.4, -0.2) is 36.5 Å². The monoisotopic (exact) mass is 536 g/mol. The van der Waals surface area contributed by atoms with Gasteiger partial charge in [-0.2, -0.15) is 8.78 Å². The van der Waals surface area contributed by atoms with Gasteiger partial charge in [-0.25, -0.2) is 13.6 Å². The highest BCUT2D eigenvalue weighted by atomic mass is 79.9. The lowest BCUT2D eigenvalue weighted by molar-refractivity contribution is 0.0595. The van der Waals surface area contributed by atoms with E-state index >= 15 is 0 Å². The topological polar surface area (TPSA) is 170 Å². The Hall–Kier alpha value is -1.15. The van der Waals surface area contributed by atoms with E-state index in [2.05, 4.69) is 15.9 Å². The van der Waals surface area contributed by atoms with Crippen molar-refractivity contribution in [1.82, 2.24) is 0 Å². The number of primary amides is 1. The molecule has 2 aromatic rings. The molecular formula is C14H16BrF2N2O7PS2. The maximum atomic E-state index is 14.2. The van der Waals surface area contributed by atoms with Crippen molar-refractivity contribution in [2.75, 3.05) is 12.4 Å². The lowest BCUT2D eigenvalue weighted by Crippen LogP contribution is -2.16. The molecule has 0 spiro atoms. The van der Waals surface area contributed by atoms with Gasteiger partial charge in [-0.3, -0.25) is 9.36 Å². The van der Waals surface area contributed by atoms with Crippen LogP contribution in [0.15, 0.2) is 16.6 Å². The lowest BCUT2D eigenvalue weighted by atomic mass is 10.1. The van der Waals surface area contributed by atoms with E-state index in [-0.39, 0.29) is 51.1 Å². The van der Waals surface area contributed by atoms with Gasteiger partial charge < -0.3 is 20.3 Å². The minimum atomic E-state index is -5.82. The molecule has 0 bridgehead atoms. The predicted octanol–water partition coefficient (Wildman–Crippen LogP) is 2.44. The van der Waals surface area contributed by atoms with Crippen molar-refractivity contribution in [3.05, 3.63) is 27.0 Å². The van der Waals surface area contributed by atoms with E-state index in [9.17, 15) is 26.6 Å². The molecule has 1 aromatic carbocycles. The molecular weight excluding hydrogens is 521 g/mol. The van der Waals surface area contributed by atoms with Gasteiger partial charge in [-0.15, -0.1) is 11.3 Å². The summed E-state index contributed by atoms with van der Waals surface area (Å²) in [6.07, 6.45) is 0.448. The molecule has 0 unspecified atom stereocenters. The first-order chi connectivity index (χ1) is 13.1. The number of benzene rings is 1. The highest BCUT2D eigenvalue weighted by molar-refractivity contribution is 9.10. The second-order valence-corrected chi connectivity index (χ2v) is 11.2. The first-order valence-corrected chi connectivity index (χ1v) is 12.7. The Bertz CT molecular complexity index is 1100. The van der Waals surface area contributed by atoms with Gasteiger partial charge in [-0.1, -0.05) is 0 Å². The van der Waals surface area contributed by atoms with E-state index in [0.717, 1.165) is 0 Å². The Morgan fingerprint density at radius 2 is 1.93 bits per heavy atom. The van der Waals surface area contributed by atoms with E-state index in [0.29, 0.717) is 11.3 Å². The summed E-state index contributed by atoms with van der Waals surface area (Å²) in [5.74, 6) is -1.14. The fourth-order valence-corrected chi connectivity index (χ4v) is 5.88. The first-order valence-electron chi connectivity index (χ1n) is 7.78. The van der Waals surface area contributed by atoms with E-state index in [1.165, 1.54) is 12.1 Å². The van der Waals surface area contributed by atoms with Crippen LogP contribution in [0.25, 0.3) is 10.1 Å². The molecule has 2 rings (SSSR count). The van der Waals surface area contributed by atoms with Gasteiger partial charge in [0.1, 0.15) is 10.6 Å². The van der Waals surface area contributed by atoms with Crippen LogP contribution < -0.4 is 15.6 Å². The largest absolute Gasteiger partial charge is 0.492 e. The molecule has 0 fully saturated rings. The van der Waals surface area contributed by atoms with Gasteiger partial charge in [0.25, 0.3) is 0 Å². The lowest BCUT2D eigenvalue weighted by Gasteiger charge is -2.16. The number of rotatable bonds is 9. The van der Waals surface area contributed by atoms with Gasteiger partial charge in [-0.05, 0) is 40.9 Å². The number of halogens is 3. The summed E-state index contributed by atoms with van der Waals surface area (Å²) < 4.78 is 66.9. The van der Waals surface area contributed by atoms with Crippen LogP contribution in [0.5, 0.6) is 5.75 Å². The van der Waals surface area contributed by atoms with E-state index in [4.69, 9.17) is 25.4 Å². The molecule has 0 atom stereocenters. The highest BCUT2D eigenvalue weighted by Gasteiger charge is 2.53. The standard InChI is InChI=1S/C14H16BrF2N2O7PS2/c15-10-8-5-7(13(18)20)6-9(26-3-1-2-4-29(19,24)25)11(8)28-12(10)14(16,17)27(21,22)23/h5-6H,1-4H2,(H2,18,20)(H2,19,24,25)(H2,21,22,23). The number of carbonyl (C=O) groups is 1. The number of nitrogens with two attached hydrogens (primary N) is 2.